The van der Waals surface area contributed by atoms with Crippen LogP contribution in [-0.4, -0.2) is 39.8 Å². The third-order valence-electron chi connectivity index (χ3n) is 4.58. The minimum absolute atomic E-state index is 0.104. The van der Waals surface area contributed by atoms with E-state index in [0.29, 0.717) is 5.69 Å². The van der Waals surface area contributed by atoms with Gasteiger partial charge in [-0.2, -0.15) is 5.10 Å². The topological polar surface area (TPSA) is 63.1 Å². The normalized spacial score (nSPS) is 17.8. The zero-order valence-corrected chi connectivity index (χ0v) is 15.2. The molecule has 1 N–H and O–H groups in total. The summed E-state index contributed by atoms with van der Waals surface area (Å²) in [5, 5.41) is 8.33. The number of aromatic nitrogens is 3. The van der Waals surface area contributed by atoms with Crippen molar-refractivity contribution in [2.45, 2.75) is 25.8 Å². The second kappa shape index (κ2) is 6.48. The Labute approximate surface area is 150 Å². The van der Waals surface area contributed by atoms with E-state index in [1.807, 2.05) is 7.05 Å². The van der Waals surface area contributed by atoms with Crippen molar-refractivity contribution >= 4 is 32.6 Å². The molecule has 1 aliphatic rings. The number of rotatable bonds is 3. The molecule has 3 aromatic rings. The van der Waals surface area contributed by atoms with Gasteiger partial charge in [0, 0.05) is 32.4 Å². The molecule has 1 aromatic carbocycles. The van der Waals surface area contributed by atoms with E-state index >= 15 is 0 Å². The summed E-state index contributed by atoms with van der Waals surface area (Å²) in [5.74, 6) is -0.104. The fourth-order valence-corrected chi connectivity index (χ4v) is 4.35. The van der Waals surface area contributed by atoms with Gasteiger partial charge in [-0.15, -0.1) is 0 Å². The average Bonchev–Trinajstić information content (AvgIpc) is 3.22. The lowest BCUT2D eigenvalue weighted by Gasteiger charge is -2.32. The summed E-state index contributed by atoms with van der Waals surface area (Å²) in [5.41, 5.74) is 2.76. The molecular formula is C18H21N5OS. The molecule has 1 amide bonds. The molecule has 1 unspecified atom stereocenters. The van der Waals surface area contributed by atoms with E-state index in [2.05, 4.69) is 40.4 Å². The van der Waals surface area contributed by atoms with E-state index in [1.54, 1.807) is 28.3 Å². The summed E-state index contributed by atoms with van der Waals surface area (Å²) >= 11 is 1.73. The quantitative estimate of drug-likeness (QED) is 0.785. The smallest absolute Gasteiger partial charge is 0.272 e. The van der Waals surface area contributed by atoms with Gasteiger partial charge in [0.2, 0.25) is 0 Å². The lowest BCUT2D eigenvalue weighted by Crippen LogP contribution is -2.47. The first-order valence-electron chi connectivity index (χ1n) is 8.52. The van der Waals surface area contributed by atoms with Gasteiger partial charge in [0.15, 0.2) is 5.13 Å². The maximum atomic E-state index is 12.3. The molecule has 0 aliphatic carbocycles. The van der Waals surface area contributed by atoms with E-state index in [0.717, 1.165) is 36.6 Å². The van der Waals surface area contributed by atoms with Gasteiger partial charge in [0.1, 0.15) is 5.69 Å². The van der Waals surface area contributed by atoms with Crippen LogP contribution in [0.25, 0.3) is 10.2 Å². The summed E-state index contributed by atoms with van der Waals surface area (Å²) in [6.07, 6.45) is 3.81. The van der Waals surface area contributed by atoms with E-state index in [4.69, 9.17) is 4.98 Å². The third kappa shape index (κ3) is 3.24. The molecule has 3 heterocycles. The Hall–Kier alpha value is -2.41. The van der Waals surface area contributed by atoms with Crippen LogP contribution in [0.15, 0.2) is 30.5 Å². The van der Waals surface area contributed by atoms with Gasteiger partial charge in [-0.25, -0.2) is 4.98 Å². The number of benzene rings is 1. The Morgan fingerprint density at radius 1 is 1.36 bits per heavy atom. The number of amides is 1. The molecule has 1 fully saturated rings. The monoisotopic (exact) mass is 355 g/mol. The molecular weight excluding hydrogens is 334 g/mol. The molecule has 0 saturated carbocycles. The van der Waals surface area contributed by atoms with Crippen LogP contribution in [0.3, 0.4) is 0 Å². The molecule has 2 aromatic heterocycles. The van der Waals surface area contributed by atoms with Crippen LogP contribution in [0.5, 0.6) is 0 Å². The average molecular weight is 355 g/mol. The van der Waals surface area contributed by atoms with Crippen LogP contribution < -0.4 is 10.2 Å². The van der Waals surface area contributed by atoms with Crippen LogP contribution in [0.2, 0.25) is 0 Å². The lowest BCUT2D eigenvalue weighted by atomic mass is 10.1. The predicted molar refractivity (Wildman–Crippen MR) is 100 cm³/mol. The highest BCUT2D eigenvalue weighted by Gasteiger charge is 2.24. The zero-order chi connectivity index (χ0) is 17.4. The lowest BCUT2D eigenvalue weighted by molar-refractivity contribution is 0.0927. The summed E-state index contributed by atoms with van der Waals surface area (Å²) in [4.78, 5) is 19.5. The van der Waals surface area contributed by atoms with Gasteiger partial charge in [-0.1, -0.05) is 23.5 Å². The van der Waals surface area contributed by atoms with E-state index in [9.17, 15) is 4.79 Å². The molecule has 1 aliphatic heterocycles. The number of thiazole rings is 1. The van der Waals surface area contributed by atoms with Gasteiger partial charge in [0.25, 0.3) is 5.91 Å². The number of para-hydroxylation sites is 1. The number of hydrogen-bond donors (Lipinski definition) is 1. The molecule has 4 rings (SSSR count). The van der Waals surface area contributed by atoms with Crippen LogP contribution in [-0.2, 0) is 7.05 Å². The highest BCUT2D eigenvalue weighted by molar-refractivity contribution is 7.22. The fourth-order valence-electron chi connectivity index (χ4n) is 3.27. The predicted octanol–water partition coefficient (Wildman–Crippen LogP) is 2.74. The fraction of sp³-hybridized carbons (Fsp3) is 0.389. The number of fused-ring (bicyclic) bond motifs is 1. The van der Waals surface area contributed by atoms with Crippen LogP contribution in [0, 0.1) is 6.92 Å². The van der Waals surface area contributed by atoms with Crippen molar-refractivity contribution in [2.24, 2.45) is 7.05 Å². The molecule has 0 bridgehead atoms. The Kier molecular flexibility index (Phi) is 4.17. The highest BCUT2D eigenvalue weighted by Crippen LogP contribution is 2.31. The molecule has 1 atom stereocenters. The Bertz CT molecular complexity index is 915. The van der Waals surface area contributed by atoms with E-state index < -0.39 is 0 Å². The SMILES string of the molecule is Cc1cccc2sc(N3CCCC(NC(=O)c4ccn(C)n4)C3)nc12. The first kappa shape index (κ1) is 16.1. The van der Waals surface area contributed by atoms with E-state index in [1.165, 1.54) is 10.3 Å². The summed E-state index contributed by atoms with van der Waals surface area (Å²) < 4.78 is 2.86. The van der Waals surface area contributed by atoms with Crippen molar-refractivity contribution < 1.29 is 4.79 Å². The van der Waals surface area contributed by atoms with Gasteiger partial charge in [0.05, 0.1) is 10.2 Å². The molecule has 130 valence electrons. The highest BCUT2D eigenvalue weighted by atomic mass is 32.1. The first-order chi connectivity index (χ1) is 12.1. The number of nitrogens with one attached hydrogen (secondary N) is 1. The maximum Gasteiger partial charge on any atom is 0.272 e. The van der Waals surface area contributed by atoms with Crippen molar-refractivity contribution in [3.05, 3.63) is 41.7 Å². The van der Waals surface area contributed by atoms with Crippen LogP contribution >= 0.6 is 11.3 Å². The van der Waals surface area contributed by atoms with Crippen LogP contribution in [0.4, 0.5) is 5.13 Å². The number of aryl methyl sites for hydroxylation is 2. The Balaban J connectivity index is 1.48. The number of hydrogen-bond acceptors (Lipinski definition) is 5. The van der Waals surface area contributed by atoms with Crippen LogP contribution in [0.1, 0.15) is 28.9 Å². The minimum atomic E-state index is -0.104. The first-order valence-corrected chi connectivity index (χ1v) is 9.33. The molecule has 1 saturated heterocycles. The van der Waals surface area contributed by atoms with Crippen molar-refractivity contribution in [1.29, 1.82) is 0 Å². The second-order valence-electron chi connectivity index (χ2n) is 6.55. The molecule has 6 nitrogen and oxygen atoms in total. The number of piperidine rings is 1. The van der Waals surface area contributed by atoms with Gasteiger partial charge >= 0.3 is 0 Å². The number of carbonyl (C=O) groups excluding carboxylic acids is 1. The Morgan fingerprint density at radius 2 is 2.24 bits per heavy atom. The standard InChI is InChI=1S/C18H21N5OS/c1-12-5-3-7-15-16(12)20-18(25-15)23-9-4-6-13(11-23)19-17(24)14-8-10-22(2)21-14/h3,5,7-8,10,13H,4,6,9,11H2,1-2H3,(H,19,24). The second-order valence-corrected chi connectivity index (χ2v) is 7.56. The minimum Gasteiger partial charge on any atom is -0.346 e. The largest absolute Gasteiger partial charge is 0.346 e. The molecule has 0 spiro atoms. The summed E-state index contributed by atoms with van der Waals surface area (Å²) in [6.45, 7) is 3.87. The summed E-state index contributed by atoms with van der Waals surface area (Å²) in [7, 11) is 1.81. The number of carbonyl (C=O) groups is 1. The molecule has 25 heavy (non-hydrogen) atoms. The molecule has 0 radical (unpaired) electrons. The van der Waals surface area contributed by atoms with Gasteiger partial charge in [-0.05, 0) is 37.5 Å². The Morgan fingerprint density at radius 3 is 3.00 bits per heavy atom. The zero-order valence-electron chi connectivity index (χ0n) is 14.4. The van der Waals surface area contributed by atoms with E-state index in [-0.39, 0.29) is 11.9 Å². The maximum absolute atomic E-state index is 12.3. The number of nitrogens with zero attached hydrogens (tertiary/aromatic N) is 4. The van der Waals surface area contributed by atoms with Crippen molar-refractivity contribution in [2.75, 3.05) is 18.0 Å². The van der Waals surface area contributed by atoms with Crippen molar-refractivity contribution in [3.8, 4) is 0 Å². The van der Waals surface area contributed by atoms with Gasteiger partial charge in [-0.3, -0.25) is 9.48 Å². The summed E-state index contributed by atoms with van der Waals surface area (Å²) in [6, 6.07) is 8.15. The van der Waals surface area contributed by atoms with Crippen molar-refractivity contribution in [1.82, 2.24) is 20.1 Å². The van der Waals surface area contributed by atoms with Crippen molar-refractivity contribution in [3.63, 3.8) is 0 Å². The third-order valence-corrected chi connectivity index (χ3v) is 5.66. The van der Waals surface area contributed by atoms with Gasteiger partial charge < -0.3 is 10.2 Å². The molecule has 7 heteroatoms. The number of anilines is 1.